The first-order valence-electron chi connectivity index (χ1n) is 10.5. The Morgan fingerprint density at radius 1 is 1.10 bits per heavy atom. The number of fused-ring (bicyclic) bond motifs is 1. The van der Waals surface area contributed by atoms with E-state index in [1.54, 1.807) is 4.90 Å². The first-order valence-corrected chi connectivity index (χ1v) is 10.9. The summed E-state index contributed by atoms with van der Waals surface area (Å²) in [5.74, 6) is -0.0526. The lowest BCUT2D eigenvalue weighted by Gasteiger charge is -2.31. The van der Waals surface area contributed by atoms with Gasteiger partial charge < -0.3 is 15.0 Å². The quantitative estimate of drug-likeness (QED) is 0.752. The Bertz CT molecular complexity index is 936. The second-order valence-corrected chi connectivity index (χ2v) is 8.61. The van der Waals surface area contributed by atoms with Gasteiger partial charge in [-0.1, -0.05) is 42.6 Å². The lowest BCUT2D eigenvalue weighted by molar-refractivity contribution is -0.122. The minimum absolute atomic E-state index is 0.00727. The zero-order valence-corrected chi connectivity index (χ0v) is 18.0. The van der Waals surface area contributed by atoms with E-state index >= 15 is 0 Å². The molecule has 6 heteroatoms. The Hall–Kier alpha value is -2.37. The topological polar surface area (TPSA) is 58.6 Å². The molecule has 1 N–H and O–H groups in total. The smallest absolute Gasteiger partial charge is 0.252 e. The normalized spacial score (nSPS) is 17.5. The fraction of sp³-hybridized carbons (Fsp3) is 0.417. The summed E-state index contributed by atoms with van der Waals surface area (Å²) in [5, 5.41) is 3.81. The Kier molecular flexibility index (Phi) is 6.11. The average Bonchev–Trinajstić information content (AvgIpc) is 3.25. The van der Waals surface area contributed by atoms with Crippen molar-refractivity contribution in [3.63, 3.8) is 0 Å². The molecule has 2 aromatic rings. The number of hydrogen-bond donors (Lipinski definition) is 1. The van der Waals surface area contributed by atoms with Gasteiger partial charge in [0, 0.05) is 30.1 Å². The van der Waals surface area contributed by atoms with Crippen molar-refractivity contribution in [1.29, 1.82) is 0 Å². The Balaban J connectivity index is 1.60. The van der Waals surface area contributed by atoms with Crippen molar-refractivity contribution in [3.8, 4) is 0 Å². The number of amides is 2. The van der Waals surface area contributed by atoms with Crippen molar-refractivity contribution in [2.45, 2.75) is 43.9 Å². The van der Waals surface area contributed by atoms with Crippen molar-refractivity contribution in [2.24, 2.45) is 0 Å². The van der Waals surface area contributed by atoms with Crippen LogP contribution in [0.2, 0.25) is 5.02 Å². The first-order chi connectivity index (χ1) is 14.5. The first kappa shape index (κ1) is 20.9. The summed E-state index contributed by atoms with van der Waals surface area (Å²) >= 11 is 6.06. The second kappa shape index (κ2) is 8.78. The molecule has 158 valence electrons. The van der Waals surface area contributed by atoms with Gasteiger partial charge in [-0.25, -0.2) is 0 Å². The predicted molar refractivity (Wildman–Crippen MR) is 119 cm³/mol. The minimum atomic E-state index is -0.536. The molecule has 1 fully saturated rings. The molecular formula is C24H27ClN2O3. The van der Waals surface area contributed by atoms with Gasteiger partial charge in [-0.3, -0.25) is 9.59 Å². The van der Waals surface area contributed by atoms with Crippen LogP contribution < -0.4 is 10.2 Å². The van der Waals surface area contributed by atoms with Gasteiger partial charge in [0.05, 0.1) is 5.41 Å². The lowest BCUT2D eigenvalue weighted by Crippen LogP contribution is -2.39. The van der Waals surface area contributed by atoms with E-state index in [4.69, 9.17) is 16.3 Å². The molecule has 1 aliphatic carbocycles. The van der Waals surface area contributed by atoms with E-state index in [9.17, 15) is 9.59 Å². The Morgan fingerprint density at radius 3 is 2.53 bits per heavy atom. The summed E-state index contributed by atoms with van der Waals surface area (Å²) in [4.78, 5) is 27.7. The molecule has 1 saturated carbocycles. The van der Waals surface area contributed by atoms with Crippen molar-refractivity contribution in [1.82, 2.24) is 0 Å². The van der Waals surface area contributed by atoms with Gasteiger partial charge in [-0.15, -0.1) is 0 Å². The van der Waals surface area contributed by atoms with Crippen LogP contribution in [0.3, 0.4) is 0 Å². The third-order valence-electron chi connectivity index (χ3n) is 6.32. The number of nitrogens with zero attached hydrogens (tertiary/aromatic N) is 1. The van der Waals surface area contributed by atoms with Crippen LogP contribution in [0.1, 0.15) is 43.2 Å². The highest BCUT2D eigenvalue weighted by Gasteiger charge is 2.42. The summed E-state index contributed by atoms with van der Waals surface area (Å²) < 4.78 is 5.03. The molecule has 2 aromatic carbocycles. The number of methoxy groups -OCH3 is 1. The number of halogens is 1. The molecule has 5 nitrogen and oxygen atoms in total. The highest BCUT2D eigenvalue weighted by Crippen LogP contribution is 2.42. The molecule has 2 aliphatic rings. The van der Waals surface area contributed by atoms with E-state index in [2.05, 4.69) is 5.32 Å². The van der Waals surface area contributed by atoms with Crippen LogP contribution in [0.25, 0.3) is 0 Å². The number of anilines is 2. The molecule has 1 aliphatic heterocycles. The number of nitrogens with one attached hydrogen (secondary N) is 1. The van der Waals surface area contributed by atoms with E-state index in [1.165, 1.54) is 7.11 Å². The van der Waals surface area contributed by atoms with E-state index in [1.807, 2.05) is 42.5 Å². The summed E-state index contributed by atoms with van der Waals surface area (Å²) in [5.41, 5.74) is 3.18. The van der Waals surface area contributed by atoms with Gasteiger partial charge >= 0.3 is 0 Å². The van der Waals surface area contributed by atoms with Gasteiger partial charge in [-0.05, 0) is 61.1 Å². The number of carbonyl (C=O) groups is 2. The monoisotopic (exact) mass is 426 g/mol. The molecule has 2 amide bonds. The maximum Gasteiger partial charge on any atom is 0.252 e. The molecule has 0 radical (unpaired) electrons. The number of carbonyl (C=O) groups excluding carboxylic acids is 2. The van der Waals surface area contributed by atoms with Crippen LogP contribution in [-0.2, 0) is 26.2 Å². The largest absolute Gasteiger partial charge is 0.375 e. The van der Waals surface area contributed by atoms with Crippen LogP contribution >= 0.6 is 11.6 Å². The van der Waals surface area contributed by atoms with Crippen LogP contribution in [-0.4, -0.2) is 32.1 Å². The molecule has 0 aromatic heterocycles. The van der Waals surface area contributed by atoms with Crippen molar-refractivity contribution >= 4 is 34.8 Å². The van der Waals surface area contributed by atoms with E-state index in [0.29, 0.717) is 11.6 Å². The Labute approximate surface area is 182 Å². The third-order valence-corrected chi connectivity index (χ3v) is 6.57. The van der Waals surface area contributed by atoms with E-state index in [-0.39, 0.29) is 18.4 Å². The molecule has 4 rings (SSSR count). The van der Waals surface area contributed by atoms with Crippen LogP contribution in [0, 0.1) is 0 Å². The molecule has 0 atom stereocenters. The molecule has 0 bridgehead atoms. The average molecular weight is 427 g/mol. The number of rotatable bonds is 5. The van der Waals surface area contributed by atoms with Gasteiger partial charge in [-0.2, -0.15) is 0 Å². The SMILES string of the molecule is COCC(=O)N1CCCc2ccc(NC(=O)C3(c4ccc(Cl)cc4)CCCC3)cc21. The van der Waals surface area contributed by atoms with Crippen molar-refractivity contribution in [2.75, 3.05) is 30.5 Å². The predicted octanol–water partition coefficient (Wildman–Crippen LogP) is 4.72. The van der Waals surface area contributed by atoms with E-state index in [0.717, 1.165) is 61.0 Å². The molecule has 0 saturated heterocycles. The fourth-order valence-electron chi connectivity index (χ4n) is 4.76. The summed E-state index contributed by atoms with van der Waals surface area (Å²) in [6.45, 7) is 0.719. The van der Waals surface area contributed by atoms with Crippen LogP contribution in [0.4, 0.5) is 11.4 Å². The van der Waals surface area contributed by atoms with Gasteiger partial charge in [0.25, 0.3) is 5.91 Å². The number of hydrogen-bond acceptors (Lipinski definition) is 3. The molecule has 0 unspecified atom stereocenters. The van der Waals surface area contributed by atoms with Crippen LogP contribution in [0.15, 0.2) is 42.5 Å². The van der Waals surface area contributed by atoms with Crippen molar-refractivity contribution in [3.05, 3.63) is 58.6 Å². The summed E-state index contributed by atoms with van der Waals surface area (Å²) in [6, 6.07) is 13.5. The molecular weight excluding hydrogens is 400 g/mol. The second-order valence-electron chi connectivity index (χ2n) is 8.18. The summed E-state index contributed by atoms with van der Waals surface area (Å²) in [7, 11) is 1.53. The minimum Gasteiger partial charge on any atom is -0.375 e. The maximum atomic E-state index is 13.5. The maximum absolute atomic E-state index is 13.5. The van der Waals surface area contributed by atoms with E-state index < -0.39 is 5.41 Å². The van der Waals surface area contributed by atoms with Gasteiger partial charge in [0.2, 0.25) is 5.91 Å². The third kappa shape index (κ3) is 3.96. The molecule has 0 spiro atoms. The highest BCUT2D eigenvalue weighted by molar-refractivity contribution is 6.30. The number of benzene rings is 2. The highest BCUT2D eigenvalue weighted by atomic mass is 35.5. The number of aryl methyl sites for hydroxylation is 1. The van der Waals surface area contributed by atoms with Gasteiger partial charge in [0.15, 0.2) is 0 Å². The zero-order chi connectivity index (χ0) is 21.1. The lowest BCUT2D eigenvalue weighted by atomic mass is 9.78. The summed E-state index contributed by atoms with van der Waals surface area (Å²) in [6.07, 6.45) is 5.55. The fourth-order valence-corrected chi connectivity index (χ4v) is 4.88. The standard InChI is InChI=1S/C24H27ClN2O3/c1-30-16-22(28)27-14-4-5-17-6-11-20(15-21(17)27)26-23(29)24(12-2-3-13-24)18-7-9-19(25)10-8-18/h6-11,15H,2-5,12-14,16H2,1H3,(H,26,29). The van der Waals surface area contributed by atoms with Gasteiger partial charge in [0.1, 0.15) is 6.61 Å². The number of ether oxygens (including phenoxy) is 1. The molecule has 1 heterocycles. The molecule has 30 heavy (non-hydrogen) atoms. The van der Waals surface area contributed by atoms with Crippen LogP contribution in [0.5, 0.6) is 0 Å². The Morgan fingerprint density at radius 2 is 1.83 bits per heavy atom. The zero-order valence-electron chi connectivity index (χ0n) is 17.2. The van der Waals surface area contributed by atoms with Crippen molar-refractivity contribution < 1.29 is 14.3 Å².